The topological polar surface area (TPSA) is 30.0 Å². The molecule has 0 spiro atoms. The summed E-state index contributed by atoms with van der Waals surface area (Å²) < 4.78 is 0.885. The van der Waals surface area contributed by atoms with Crippen molar-refractivity contribution in [2.24, 2.45) is 0 Å². The van der Waals surface area contributed by atoms with Crippen LogP contribution < -0.4 is 0 Å². The predicted octanol–water partition coefficient (Wildman–Crippen LogP) is 3.75. The Morgan fingerprint density at radius 3 is 2.81 bits per heavy atom. The molecule has 0 bridgehead atoms. The van der Waals surface area contributed by atoms with Gasteiger partial charge in [-0.3, -0.25) is 4.79 Å². The van der Waals surface area contributed by atoms with Crippen LogP contribution in [-0.4, -0.2) is 17.0 Å². The number of nitrogens with zero attached hydrogens (tertiary/aromatic N) is 1. The van der Waals surface area contributed by atoms with E-state index in [-0.39, 0.29) is 5.78 Å². The highest BCUT2D eigenvalue weighted by Gasteiger charge is 2.15. The van der Waals surface area contributed by atoms with Gasteiger partial charge in [0.1, 0.15) is 4.34 Å². The van der Waals surface area contributed by atoms with Gasteiger partial charge in [0, 0.05) is 5.56 Å². The first kappa shape index (κ1) is 11.6. The van der Waals surface area contributed by atoms with Crippen molar-refractivity contribution < 1.29 is 4.79 Å². The molecule has 2 rings (SSSR count). The summed E-state index contributed by atoms with van der Waals surface area (Å²) in [6.07, 6.45) is 3.53. The van der Waals surface area contributed by atoms with Gasteiger partial charge in [0.2, 0.25) is 5.78 Å². The zero-order valence-electron chi connectivity index (χ0n) is 8.44. The van der Waals surface area contributed by atoms with Gasteiger partial charge in [-0.2, -0.15) is 0 Å². The average molecular weight is 270 g/mol. The molecule has 1 aromatic heterocycles. The fraction of sp³-hybridized carbons (Fsp3) is 0.0909. The van der Waals surface area contributed by atoms with Crippen LogP contribution in [0.1, 0.15) is 15.2 Å². The van der Waals surface area contributed by atoms with Crippen LogP contribution in [0.5, 0.6) is 0 Å². The average Bonchev–Trinajstić information content (AvgIpc) is 2.77. The lowest BCUT2D eigenvalue weighted by atomic mass is 10.1. The Kier molecular flexibility index (Phi) is 3.63. The van der Waals surface area contributed by atoms with Gasteiger partial charge in [-0.15, -0.1) is 11.3 Å². The van der Waals surface area contributed by atoms with Crippen LogP contribution in [-0.2, 0) is 0 Å². The van der Waals surface area contributed by atoms with Crippen LogP contribution in [0.2, 0.25) is 5.02 Å². The lowest BCUT2D eigenvalue weighted by molar-refractivity contribution is 0.104. The molecule has 82 valence electrons. The molecule has 0 atom stereocenters. The number of benzene rings is 1. The van der Waals surface area contributed by atoms with Gasteiger partial charge in [0.25, 0.3) is 0 Å². The molecule has 2 aromatic rings. The largest absolute Gasteiger partial charge is 0.288 e. The second-order valence-electron chi connectivity index (χ2n) is 3.00. The Bertz CT molecular complexity index is 524. The van der Waals surface area contributed by atoms with E-state index in [0.717, 1.165) is 4.34 Å². The van der Waals surface area contributed by atoms with Gasteiger partial charge in [0.05, 0.1) is 16.1 Å². The van der Waals surface area contributed by atoms with E-state index in [0.29, 0.717) is 15.5 Å². The monoisotopic (exact) mass is 269 g/mol. The standard InChI is InChI=1S/C11H8ClNOS2/c1-15-11-13-6-9(16-11)10(14)7-4-2-3-5-8(7)12/h2-6H,1H3. The molecule has 0 fully saturated rings. The minimum Gasteiger partial charge on any atom is -0.288 e. The number of thiazole rings is 1. The number of carbonyl (C=O) groups is 1. The molecule has 0 amide bonds. The summed E-state index contributed by atoms with van der Waals surface area (Å²) in [5, 5.41) is 0.478. The number of aromatic nitrogens is 1. The summed E-state index contributed by atoms with van der Waals surface area (Å²) in [5.41, 5.74) is 0.528. The molecular formula is C11H8ClNOS2. The SMILES string of the molecule is CSc1ncc(C(=O)c2ccccc2Cl)s1. The Labute approximate surface area is 107 Å². The molecule has 0 aliphatic carbocycles. The zero-order chi connectivity index (χ0) is 11.5. The molecule has 0 N–H and O–H groups in total. The highest BCUT2D eigenvalue weighted by molar-refractivity contribution is 8.00. The first-order chi connectivity index (χ1) is 7.72. The molecule has 5 heteroatoms. The number of hydrogen-bond acceptors (Lipinski definition) is 4. The van der Waals surface area contributed by atoms with Gasteiger partial charge < -0.3 is 0 Å². The first-order valence-corrected chi connectivity index (χ1v) is 6.93. The van der Waals surface area contributed by atoms with Crippen LogP contribution in [0.25, 0.3) is 0 Å². The number of halogens is 1. The van der Waals surface area contributed by atoms with E-state index in [9.17, 15) is 4.79 Å². The second kappa shape index (κ2) is 4.99. The Balaban J connectivity index is 2.35. The fourth-order valence-corrected chi connectivity index (χ4v) is 2.82. The second-order valence-corrected chi connectivity index (χ2v) is 5.49. The number of carbonyl (C=O) groups excluding carboxylic acids is 1. The van der Waals surface area contributed by atoms with Crippen LogP contribution in [0, 0.1) is 0 Å². The van der Waals surface area contributed by atoms with E-state index in [2.05, 4.69) is 4.98 Å². The van der Waals surface area contributed by atoms with Gasteiger partial charge >= 0.3 is 0 Å². The van der Waals surface area contributed by atoms with Crippen molar-refractivity contribution >= 4 is 40.5 Å². The molecule has 0 unspecified atom stereocenters. The first-order valence-electron chi connectivity index (χ1n) is 4.51. The van der Waals surface area contributed by atoms with Crippen molar-refractivity contribution in [3.05, 3.63) is 45.9 Å². The lowest BCUT2D eigenvalue weighted by Gasteiger charge is -1.99. The molecule has 0 saturated heterocycles. The predicted molar refractivity (Wildman–Crippen MR) is 68.8 cm³/mol. The van der Waals surface area contributed by atoms with Gasteiger partial charge in [-0.1, -0.05) is 35.5 Å². The van der Waals surface area contributed by atoms with Crippen molar-refractivity contribution in [1.82, 2.24) is 4.98 Å². The number of hydrogen-bond donors (Lipinski definition) is 0. The van der Waals surface area contributed by atoms with E-state index < -0.39 is 0 Å². The summed E-state index contributed by atoms with van der Waals surface area (Å²) >= 11 is 8.88. The fourth-order valence-electron chi connectivity index (χ4n) is 1.24. The van der Waals surface area contributed by atoms with Crippen molar-refractivity contribution in [2.45, 2.75) is 4.34 Å². The van der Waals surface area contributed by atoms with E-state index in [1.165, 1.54) is 23.1 Å². The maximum atomic E-state index is 12.1. The van der Waals surface area contributed by atoms with Crippen molar-refractivity contribution in [3.8, 4) is 0 Å². The van der Waals surface area contributed by atoms with Gasteiger partial charge in [-0.05, 0) is 18.4 Å². The van der Waals surface area contributed by atoms with Crippen LogP contribution >= 0.6 is 34.7 Å². The molecular weight excluding hydrogens is 262 g/mol. The van der Waals surface area contributed by atoms with Crippen molar-refractivity contribution in [1.29, 1.82) is 0 Å². The number of thioether (sulfide) groups is 1. The highest BCUT2D eigenvalue weighted by Crippen LogP contribution is 2.26. The highest BCUT2D eigenvalue weighted by atomic mass is 35.5. The van der Waals surface area contributed by atoms with E-state index in [4.69, 9.17) is 11.6 Å². The Morgan fingerprint density at radius 1 is 1.44 bits per heavy atom. The van der Waals surface area contributed by atoms with Crippen LogP contribution in [0.15, 0.2) is 34.8 Å². The van der Waals surface area contributed by atoms with E-state index in [1.54, 1.807) is 30.5 Å². The minimum atomic E-state index is -0.0663. The molecule has 0 aliphatic rings. The molecule has 16 heavy (non-hydrogen) atoms. The Morgan fingerprint density at radius 2 is 2.19 bits per heavy atom. The maximum absolute atomic E-state index is 12.1. The Hall–Kier alpha value is -0.840. The lowest BCUT2D eigenvalue weighted by Crippen LogP contribution is -1.98. The normalized spacial score (nSPS) is 10.4. The summed E-state index contributed by atoms with van der Waals surface area (Å²) in [6, 6.07) is 7.04. The molecule has 0 radical (unpaired) electrons. The molecule has 1 heterocycles. The van der Waals surface area contributed by atoms with Crippen LogP contribution in [0.4, 0.5) is 0 Å². The zero-order valence-corrected chi connectivity index (χ0v) is 10.8. The van der Waals surface area contributed by atoms with Crippen molar-refractivity contribution in [2.75, 3.05) is 6.26 Å². The maximum Gasteiger partial charge on any atom is 0.206 e. The van der Waals surface area contributed by atoms with E-state index in [1.807, 2.05) is 6.26 Å². The third kappa shape index (κ3) is 2.29. The number of rotatable bonds is 3. The van der Waals surface area contributed by atoms with Gasteiger partial charge in [0.15, 0.2) is 0 Å². The summed E-state index contributed by atoms with van der Waals surface area (Å²) in [4.78, 5) is 16.8. The third-order valence-corrected chi connectivity index (χ3v) is 4.33. The third-order valence-electron chi connectivity index (χ3n) is 2.00. The quantitative estimate of drug-likeness (QED) is 0.628. The summed E-state index contributed by atoms with van der Waals surface area (Å²) in [7, 11) is 0. The smallest absolute Gasteiger partial charge is 0.206 e. The molecule has 2 nitrogen and oxygen atoms in total. The molecule has 0 saturated carbocycles. The van der Waals surface area contributed by atoms with Crippen molar-refractivity contribution in [3.63, 3.8) is 0 Å². The van der Waals surface area contributed by atoms with E-state index >= 15 is 0 Å². The molecule has 1 aromatic carbocycles. The number of ketones is 1. The minimum absolute atomic E-state index is 0.0663. The molecule has 0 aliphatic heterocycles. The summed E-state index contributed by atoms with van der Waals surface area (Å²) in [6.45, 7) is 0. The van der Waals surface area contributed by atoms with Crippen LogP contribution in [0.3, 0.4) is 0 Å². The summed E-state index contributed by atoms with van der Waals surface area (Å²) in [5.74, 6) is -0.0663. The van der Waals surface area contributed by atoms with Gasteiger partial charge in [-0.25, -0.2) is 4.98 Å².